The van der Waals surface area contributed by atoms with Crippen LogP contribution >= 0.6 is 11.3 Å². The third-order valence-corrected chi connectivity index (χ3v) is 5.10. The Balaban J connectivity index is 1.57. The highest BCUT2D eigenvalue weighted by Crippen LogP contribution is 2.44. The molecule has 0 aromatic carbocycles. The molecule has 0 aliphatic carbocycles. The minimum absolute atomic E-state index is 0.00337. The highest BCUT2D eigenvalue weighted by atomic mass is 32.1. The lowest BCUT2D eigenvalue weighted by Gasteiger charge is -2.26. The number of thiophene rings is 1. The molecular weight excluding hydrogens is 358 g/mol. The molecule has 0 unspecified atom stereocenters. The lowest BCUT2D eigenvalue weighted by molar-refractivity contribution is 0.0570. The number of aliphatic hydroxyl groups is 1. The molecule has 2 aromatic heterocycles. The molecule has 1 aliphatic rings. The number of nitrogens with zero attached hydrogens (tertiary/aromatic N) is 3. The molecule has 1 aliphatic heterocycles. The molecule has 26 heavy (non-hydrogen) atoms. The van der Waals surface area contributed by atoms with Crippen molar-refractivity contribution in [2.75, 3.05) is 39.6 Å². The summed E-state index contributed by atoms with van der Waals surface area (Å²) in [5.41, 5.74) is -0.294. The van der Waals surface area contributed by atoms with Gasteiger partial charge in [-0.15, -0.1) is 16.4 Å². The first-order valence-corrected chi connectivity index (χ1v) is 9.39. The van der Waals surface area contributed by atoms with Crippen molar-refractivity contribution in [3.05, 3.63) is 16.0 Å². The van der Waals surface area contributed by atoms with Crippen LogP contribution in [-0.4, -0.2) is 59.7 Å². The molecule has 0 saturated heterocycles. The predicted molar refractivity (Wildman–Crippen MR) is 96.3 cm³/mol. The van der Waals surface area contributed by atoms with Gasteiger partial charge < -0.3 is 24.1 Å². The minimum Gasteiger partial charge on any atom is -0.488 e. The molecule has 0 saturated carbocycles. The van der Waals surface area contributed by atoms with E-state index >= 15 is 0 Å². The Kier molecular flexibility index (Phi) is 6.00. The fourth-order valence-electron chi connectivity index (χ4n) is 2.68. The summed E-state index contributed by atoms with van der Waals surface area (Å²) in [4.78, 5) is 2.26. The first kappa shape index (κ1) is 18.9. The van der Waals surface area contributed by atoms with E-state index in [0.717, 1.165) is 21.3 Å². The van der Waals surface area contributed by atoms with Gasteiger partial charge in [0.15, 0.2) is 11.5 Å². The van der Waals surface area contributed by atoms with Gasteiger partial charge >= 0.3 is 0 Å². The van der Waals surface area contributed by atoms with E-state index in [2.05, 4.69) is 17.2 Å². The van der Waals surface area contributed by atoms with Crippen LogP contribution in [0.1, 0.15) is 16.7 Å². The molecule has 9 heteroatoms. The topological polar surface area (TPSA) is 87.9 Å². The molecule has 0 radical (unpaired) electrons. The standard InChI is InChI=1S/C17H25N3O5S/c1-12-15-16(13(2)26-12)25-11-17(3,10-24-15)9-23-14-8-18-19-20(14)4-6-22-7-5-21/h8,21H,4-7,9-11H2,1-3H3. The summed E-state index contributed by atoms with van der Waals surface area (Å²) in [5.74, 6) is 2.28. The van der Waals surface area contributed by atoms with Gasteiger partial charge in [0.1, 0.15) is 26.0 Å². The second kappa shape index (κ2) is 8.24. The molecule has 3 heterocycles. The molecule has 144 valence electrons. The number of ether oxygens (including phenoxy) is 4. The quantitative estimate of drug-likeness (QED) is 0.696. The second-order valence-electron chi connectivity index (χ2n) is 6.68. The van der Waals surface area contributed by atoms with Crippen LogP contribution in [0, 0.1) is 19.3 Å². The zero-order valence-corrected chi connectivity index (χ0v) is 16.2. The van der Waals surface area contributed by atoms with Gasteiger partial charge in [-0.05, 0) is 20.8 Å². The number of hydrogen-bond donors (Lipinski definition) is 1. The van der Waals surface area contributed by atoms with E-state index in [4.69, 9.17) is 24.1 Å². The van der Waals surface area contributed by atoms with Crippen molar-refractivity contribution < 1.29 is 24.1 Å². The van der Waals surface area contributed by atoms with Crippen molar-refractivity contribution >= 4 is 11.3 Å². The highest BCUT2D eigenvalue weighted by Gasteiger charge is 2.33. The maximum absolute atomic E-state index is 8.73. The summed E-state index contributed by atoms with van der Waals surface area (Å²) in [5, 5.41) is 16.6. The minimum atomic E-state index is -0.294. The van der Waals surface area contributed by atoms with E-state index in [1.807, 2.05) is 13.8 Å². The molecular formula is C17H25N3O5S. The summed E-state index contributed by atoms with van der Waals surface area (Å²) in [6.07, 6.45) is 1.58. The number of aryl methyl sites for hydroxylation is 2. The van der Waals surface area contributed by atoms with E-state index in [1.54, 1.807) is 22.2 Å². The fourth-order valence-corrected chi connectivity index (χ4v) is 3.62. The van der Waals surface area contributed by atoms with Crippen LogP contribution in [-0.2, 0) is 11.3 Å². The number of rotatable bonds is 8. The van der Waals surface area contributed by atoms with Crippen molar-refractivity contribution in [2.45, 2.75) is 27.3 Å². The smallest absolute Gasteiger partial charge is 0.232 e. The Morgan fingerprint density at radius 1 is 1.23 bits per heavy atom. The van der Waals surface area contributed by atoms with Gasteiger partial charge in [0.25, 0.3) is 0 Å². The van der Waals surface area contributed by atoms with Crippen molar-refractivity contribution in [2.24, 2.45) is 5.41 Å². The molecule has 0 fully saturated rings. The molecule has 1 N–H and O–H groups in total. The van der Waals surface area contributed by atoms with E-state index < -0.39 is 0 Å². The molecule has 0 atom stereocenters. The fraction of sp³-hybridized carbons (Fsp3) is 0.647. The van der Waals surface area contributed by atoms with E-state index in [9.17, 15) is 0 Å². The number of fused-ring (bicyclic) bond motifs is 1. The van der Waals surface area contributed by atoms with Gasteiger partial charge in [-0.1, -0.05) is 5.21 Å². The largest absolute Gasteiger partial charge is 0.488 e. The average Bonchev–Trinajstić information content (AvgIpc) is 3.11. The number of aliphatic hydroxyl groups excluding tert-OH is 1. The maximum Gasteiger partial charge on any atom is 0.232 e. The van der Waals surface area contributed by atoms with Crippen LogP contribution in [0.5, 0.6) is 17.4 Å². The van der Waals surface area contributed by atoms with Crippen LogP contribution in [0.25, 0.3) is 0 Å². The Bertz CT molecular complexity index is 702. The van der Waals surface area contributed by atoms with E-state index in [0.29, 0.717) is 45.5 Å². The van der Waals surface area contributed by atoms with Gasteiger partial charge in [-0.3, -0.25) is 0 Å². The van der Waals surface area contributed by atoms with Gasteiger partial charge in [-0.2, -0.15) is 0 Å². The second-order valence-corrected chi connectivity index (χ2v) is 8.11. The van der Waals surface area contributed by atoms with Crippen molar-refractivity contribution in [3.8, 4) is 17.4 Å². The molecule has 8 nitrogen and oxygen atoms in total. The summed E-state index contributed by atoms with van der Waals surface area (Å²) in [7, 11) is 0. The van der Waals surface area contributed by atoms with Gasteiger partial charge in [-0.25, -0.2) is 4.68 Å². The predicted octanol–water partition coefficient (Wildman–Crippen LogP) is 1.82. The first-order valence-electron chi connectivity index (χ1n) is 8.58. The van der Waals surface area contributed by atoms with Gasteiger partial charge in [0.05, 0.1) is 31.8 Å². The number of aromatic nitrogens is 3. The summed E-state index contributed by atoms with van der Waals surface area (Å²) < 4.78 is 24.9. The Labute approximate surface area is 156 Å². The van der Waals surface area contributed by atoms with Crippen molar-refractivity contribution in [3.63, 3.8) is 0 Å². The first-order chi connectivity index (χ1) is 12.5. The monoisotopic (exact) mass is 383 g/mol. The van der Waals surface area contributed by atoms with E-state index in [1.165, 1.54) is 0 Å². The van der Waals surface area contributed by atoms with Crippen LogP contribution in [0.3, 0.4) is 0 Å². The molecule has 0 spiro atoms. The Morgan fingerprint density at radius 2 is 1.92 bits per heavy atom. The van der Waals surface area contributed by atoms with E-state index in [-0.39, 0.29) is 12.0 Å². The molecule has 2 aromatic rings. The molecule has 0 bridgehead atoms. The Hall–Kier alpha value is -1.84. The normalized spacial score (nSPS) is 15.7. The van der Waals surface area contributed by atoms with Gasteiger partial charge in [0, 0.05) is 9.75 Å². The third kappa shape index (κ3) is 4.28. The maximum atomic E-state index is 8.73. The van der Waals surface area contributed by atoms with Crippen LogP contribution < -0.4 is 14.2 Å². The van der Waals surface area contributed by atoms with Crippen molar-refractivity contribution in [1.82, 2.24) is 15.0 Å². The zero-order valence-electron chi connectivity index (χ0n) is 15.4. The Morgan fingerprint density at radius 3 is 2.58 bits per heavy atom. The molecule has 0 amide bonds. The summed E-state index contributed by atoms with van der Waals surface area (Å²) in [6, 6.07) is 0. The zero-order chi connectivity index (χ0) is 18.6. The lowest BCUT2D eigenvalue weighted by Crippen LogP contribution is -2.36. The van der Waals surface area contributed by atoms with Crippen molar-refractivity contribution in [1.29, 1.82) is 0 Å². The van der Waals surface area contributed by atoms with Crippen LogP contribution in [0.2, 0.25) is 0 Å². The summed E-state index contributed by atoms with van der Waals surface area (Å²) >= 11 is 1.69. The SMILES string of the molecule is Cc1sc(C)c2c1OCC(C)(COc1cnnn1CCOCCO)CO2. The summed E-state index contributed by atoms with van der Waals surface area (Å²) in [6.45, 7) is 8.86. The number of hydrogen-bond acceptors (Lipinski definition) is 8. The van der Waals surface area contributed by atoms with Gasteiger partial charge in [0.2, 0.25) is 5.88 Å². The van der Waals surface area contributed by atoms with Crippen LogP contribution in [0.15, 0.2) is 6.20 Å². The third-order valence-electron chi connectivity index (χ3n) is 4.12. The van der Waals surface area contributed by atoms with Crippen LogP contribution in [0.4, 0.5) is 0 Å². The highest BCUT2D eigenvalue weighted by molar-refractivity contribution is 7.12. The molecule has 3 rings (SSSR count). The average molecular weight is 383 g/mol. The lowest BCUT2D eigenvalue weighted by atomic mass is 9.94.